The van der Waals surface area contributed by atoms with Gasteiger partial charge in [-0.25, -0.2) is 0 Å². The summed E-state index contributed by atoms with van der Waals surface area (Å²) in [5, 5.41) is 0. The van der Waals surface area contributed by atoms with Crippen molar-refractivity contribution in [3.05, 3.63) is 58.7 Å². The van der Waals surface area contributed by atoms with Gasteiger partial charge in [0.15, 0.2) is 0 Å². The molecule has 2 rings (SSSR count). The molecule has 0 saturated heterocycles. The molecule has 0 aromatic heterocycles. The fourth-order valence-electron chi connectivity index (χ4n) is 5.81. The monoisotopic (exact) mass is 630 g/mol. The fourth-order valence-corrected chi connectivity index (χ4v) is 5.81. The summed E-state index contributed by atoms with van der Waals surface area (Å²) >= 11 is 0. The summed E-state index contributed by atoms with van der Waals surface area (Å²) in [6.45, 7) is 13.7. The number of benzene rings is 2. The summed E-state index contributed by atoms with van der Waals surface area (Å²) in [5.74, 6) is 0. The van der Waals surface area contributed by atoms with Gasteiger partial charge in [0.25, 0.3) is 0 Å². The van der Waals surface area contributed by atoms with Gasteiger partial charge in [-0.15, -0.1) is 0 Å². The van der Waals surface area contributed by atoms with Crippen molar-refractivity contribution in [1.29, 1.82) is 0 Å². The van der Waals surface area contributed by atoms with Crippen LogP contribution in [0.15, 0.2) is 46.4 Å². The van der Waals surface area contributed by atoms with Crippen LogP contribution in [-0.2, 0) is 42.2 Å². The Balaban J connectivity index is 0.00000924. The summed E-state index contributed by atoms with van der Waals surface area (Å²) in [7, 11) is 0. The molecular formula is C40H64N2Ni. The average Bonchev–Trinajstić information content (AvgIpc) is 2.99. The van der Waals surface area contributed by atoms with E-state index in [1.807, 2.05) is 0 Å². The van der Waals surface area contributed by atoms with Crippen molar-refractivity contribution in [3.63, 3.8) is 0 Å². The minimum absolute atomic E-state index is 0. The van der Waals surface area contributed by atoms with Crippen LogP contribution in [0.2, 0.25) is 0 Å². The Morgan fingerprint density at radius 2 is 0.953 bits per heavy atom. The molecule has 0 heterocycles. The summed E-state index contributed by atoms with van der Waals surface area (Å²) in [6.07, 6.45) is 24.0. The largest absolute Gasteiger partial charge is 0.252 e. The molecule has 0 unspecified atom stereocenters. The molecule has 0 saturated carbocycles. The van der Waals surface area contributed by atoms with Crippen LogP contribution in [0.3, 0.4) is 0 Å². The third kappa shape index (κ3) is 15.7. The van der Waals surface area contributed by atoms with Gasteiger partial charge < -0.3 is 0 Å². The van der Waals surface area contributed by atoms with Crippen LogP contribution in [0.1, 0.15) is 167 Å². The fraction of sp³-hybridized carbons (Fsp3) is 0.650. The molecule has 0 aliphatic carbocycles. The smallest absolute Gasteiger partial charge is 0.0639 e. The van der Waals surface area contributed by atoms with E-state index in [2.05, 4.69) is 77.9 Å². The summed E-state index contributed by atoms with van der Waals surface area (Å²) in [5.41, 5.74) is 10.6. The molecule has 2 nitrogen and oxygen atoms in total. The zero-order valence-corrected chi connectivity index (χ0v) is 29.8. The second kappa shape index (κ2) is 24.6. The summed E-state index contributed by atoms with van der Waals surface area (Å²) in [6, 6.07) is 14.1. The van der Waals surface area contributed by atoms with Crippen molar-refractivity contribution in [2.75, 3.05) is 0 Å². The van der Waals surface area contributed by atoms with Gasteiger partial charge in [-0.1, -0.05) is 118 Å². The van der Waals surface area contributed by atoms with E-state index in [0.29, 0.717) is 0 Å². The van der Waals surface area contributed by atoms with E-state index in [1.165, 1.54) is 117 Å². The van der Waals surface area contributed by atoms with E-state index < -0.39 is 0 Å². The quantitative estimate of drug-likeness (QED) is 0.0662. The summed E-state index contributed by atoms with van der Waals surface area (Å²) in [4.78, 5) is 10.9. The molecule has 0 N–H and O–H groups in total. The number of aliphatic imine (C=N–C) groups is 2. The molecule has 0 bridgehead atoms. The van der Waals surface area contributed by atoms with Crippen LogP contribution >= 0.6 is 0 Å². The molecule has 2 aromatic carbocycles. The minimum Gasteiger partial charge on any atom is -0.252 e. The first-order chi connectivity index (χ1) is 20.6. The third-order valence-corrected chi connectivity index (χ3v) is 8.30. The van der Waals surface area contributed by atoms with Gasteiger partial charge in [0, 0.05) is 16.5 Å². The normalized spacial score (nSPS) is 12.0. The minimum atomic E-state index is 0. The standard InChI is InChI=1S/C40H64N2.Ni/c1-7-13-17-18-19-20-26-40(42-38-30-33(23-14-8-2)29-34(31-38)24-15-9-3)39(25-16-10-4)41-37-28-27-35(21-11-5)36(32-37)22-12-6;/h27-32H,7-26H2,1-6H3;. The molecule has 244 valence electrons. The van der Waals surface area contributed by atoms with E-state index in [-0.39, 0.29) is 16.5 Å². The first kappa shape index (κ1) is 39.3. The van der Waals surface area contributed by atoms with E-state index in [0.717, 1.165) is 56.3 Å². The number of nitrogens with zero attached hydrogens (tertiary/aromatic N) is 2. The van der Waals surface area contributed by atoms with Crippen molar-refractivity contribution in [2.24, 2.45) is 9.98 Å². The first-order valence-corrected chi connectivity index (χ1v) is 18.0. The van der Waals surface area contributed by atoms with E-state index in [1.54, 1.807) is 0 Å². The topological polar surface area (TPSA) is 24.7 Å². The van der Waals surface area contributed by atoms with Gasteiger partial charge in [0.1, 0.15) is 0 Å². The van der Waals surface area contributed by atoms with E-state index in [4.69, 9.17) is 9.98 Å². The van der Waals surface area contributed by atoms with Crippen molar-refractivity contribution in [1.82, 2.24) is 0 Å². The molecule has 0 aliphatic heterocycles. The SMILES string of the molecule is CCCCCCCCC(=Nc1cc(CCCC)cc(CCCC)c1)C(CCCC)=Nc1ccc(CCC)c(CCC)c1.[Ni]. The van der Waals surface area contributed by atoms with Crippen LogP contribution in [0.5, 0.6) is 0 Å². The van der Waals surface area contributed by atoms with E-state index >= 15 is 0 Å². The van der Waals surface area contributed by atoms with Gasteiger partial charge in [-0.05, 0) is 111 Å². The molecule has 0 fully saturated rings. The predicted octanol–water partition coefficient (Wildman–Crippen LogP) is 13.1. The Morgan fingerprint density at radius 1 is 0.442 bits per heavy atom. The number of hydrogen-bond acceptors (Lipinski definition) is 2. The van der Waals surface area contributed by atoms with Gasteiger partial charge in [0.2, 0.25) is 0 Å². The average molecular weight is 632 g/mol. The molecule has 0 atom stereocenters. The molecule has 43 heavy (non-hydrogen) atoms. The third-order valence-electron chi connectivity index (χ3n) is 8.30. The number of rotatable bonds is 23. The number of aryl methyl sites for hydroxylation is 4. The molecule has 2 aromatic rings. The Morgan fingerprint density at radius 3 is 1.53 bits per heavy atom. The maximum atomic E-state index is 5.47. The van der Waals surface area contributed by atoms with Gasteiger partial charge in [-0.2, -0.15) is 0 Å². The zero-order valence-electron chi connectivity index (χ0n) is 28.8. The van der Waals surface area contributed by atoms with Crippen LogP contribution in [0, 0.1) is 0 Å². The molecular weight excluding hydrogens is 567 g/mol. The van der Waals surface area contributed by atoms with Gasteiger partial charge in [-0.3, -0.25) is 9.98 Å². The second-order valence-electron chi connectivity index (χ2n) is 12.4. The number of hydrogen-bond donors (Lipinski definition) is 0. The maximum Gasteiger partial charge on any atom is 0.0639 e. The Hall–Kier alpha value is -1.73. The first-order valence-electron chi connectivity index (χ1n) is 18.0. The van der Waals surface area contributed by atoms with Crippen LogP contribution in [-0.4, -0.2) is 11.4 Å². The number of unbranched alkanes of at least 4 members (excludes halogenated alkanes) is 8. The van der Waals surface area contributed by atoms with Crippen LogP contribution in [0.25, 0.3) is 0 Å². The zero-order chi connectivity index (χ0) is 30.4. The van der Waals surface area contributed by atoms with Crippen molar-refractivity contribution < 1.29 is 16.5 Å². The maximum absolute atomic E-state index is 5.47. The molecule has 0 spiro atoms. The molecule has 0 radical (unpaired) electrons. The van der Waals surface area contributed by atoms with Crippen molar-refractivity contribution in [2.45, 2.75) is 170 Å². The van der Waals surface area contributed by atoms with Crippen LogP contribution in [0.4, 0.5) is 11.4 Å². The molecule has 0 amide bonds. The van der Waals surface area contributed by atoms with Crippen molar-refractivity contribution in [3.8, 4) is 0 Å². The predicted molar refractivity (Wildman–Crippen MR) is 190 cm³/mol. The summed E-state index contributed by atoms with van der Waals surface area (Å²) < 4.78 is 0. The Bertz CT molecular complexity index is 1040. The van der Waals surface area contributed by atoms with Gasteiger partial charge in [0.05, 0.1) is 22.8 Å². The van der Waals surface area contributed by atoms with Gasteiger partial charge >= 0.3 is 0 Å². The molecule has 3 heteroatoms. The Kier molecular flexibility index (Phi) is 22.5. The van der Waals surface area contributed by atoms with Crippen LogP contribution < -0.4 is 0 Å². The second-order valence-corrected chi connectivity index (χ2v) is 12.4. The Labute approximate surface area is 277 Å². The van der Waals surface area contributed by atoms with Crippen molar-refractivity contribution >= 4 is 22.8 Å². The molecule has 0 aliphatic rings. The van der Waals surface area contributed by atoms with E-state index in [9.17, 15) is 0 Å².